The zero-order valence-electron chi connectivity index (χ0n) is 18.4. The van der Waals surface area contributed by atoms with Gasteiger partial charge in [0.2, 0.25) is 0 Å². The van der Waals surface area contributed by atoms with Crippen molar-refractivity contribution in [3.05, 3.63) is 95.8 Å². The molecule has 0 aliphatic carbocycles. The van der Waals surface area contributed by atoms with Gasteiger partial charge in [-0.15, -0.1) is 0 Å². The fourth-order valence-electron chi connectivity index (χ4n) is 3.32. The third-order valence-corrected chi connectivity index (χ3v) is 5.19. The van der Waals surface area contributed by atoms with Gasteiger partial charge in [-0.25, -0.2) is 9.59 Å². The van der Waals surface area contributed by atoms with Crippen molar-refractivity contribution in [3.63, 3.8) is 0 Å². The van der Waals surface area contributed by atoms with E-state index in [0.717, 1.165) is 11.1 Å². The van der Waals surface area contributed by atoms with E-state index in [0.29, 0.717) is 17.9 Å². The summed E-state index contributed by atoms with van der Waals surface area (Å²) < 4.78 is 12.6. The predicted octanol–water partition coefficient (Wildman–Crippen LogP) is 4.68. The molecule has 0 unspecified atom stereocenters. The van der Waals surface area contributed by atoms with Gasteiger partial charge in [0.1, 0.15) is 12.4 Å². The molecule has 4 aromatic rings. The van der Waals surface area contributed by atoms with Crippen molar-refractivity contribution in [2.24, 2.45) is 0 Å². The Balaban J connectivity index is 1.33. The summed E-state index contributed by atoms with van der Waals surface area (Å²) in [5.41, 5.74) is 0.898. The number of carbonyl (C=O) groups is 2. The van der Waals surface area contributed by atoms with Gasteiger partial charge in [-0.05, 0) is 60.5 Å². The minimum atomic E-state index is -1.37. The van der Waals surface area contributed by atoms with Gasteiger partial charge in [0.25, 0.3) is 0 Å². The summed E-state index contributed by atoms with van der Waals surface area (Å²) >= 11 is 0. The van der Waals surface area contributed by atoms with Gasteiger partial charge in [0.05, 0.1) is 18.3 Å². The highest BCUT2D eigenvalue weighted by Gasteiger charge is 2.29. The Morgan fingerprint density at radius 1 is 0.970 bits per heavy atom. The number of ether oxygens (including phenoxy) is 2. The SMILES string of the molecule is CC(C)(Oc1ccc(C(=O)OCc2cnn(Cc3ccc4ccccc4c3)c2)cc1)C(=O)O. The van der Waals surface area contributed by atoms with E-state index < -0.39 is 17.5 Å². The fraction of sp³-hybridized carbons (Fsp3) is 0.192. The van der Waals surface area contributed by atoms with E-state index in [4.69, 9.17) is 14.6 Å². The molecule has 0 spiro atoms. The van der Waals surface area contributed by atoms with Crippen molar-refractivity contribution in [1.29, 1.82) is 0 Å². The number of rotatable bonds is 8. The Labute approximate surface area is 191 Å². The van der Waals surface area contributed by atoms with Crippen LogP contribution in [0.15, 0.2) is 79.1 Å². The second kappa shape index (κ2) is 9.16. The van der Waals surface area contributed by atoms with Crippen LogP contribution >= 0.6 is 0 Å². The summed E-state index contributed by atoms with van der Waals surface area (Å²) in [5.74, 6) is -1.21. The predicted molar refractivity (Wildman–Crippen MR) is 123 cm³/mol. The first-order valence-electron chi connectivity index (χ1n) is 10.5. The summed E-state index contributed by atoms with van der Waals surface area (Å²) in [5, 5.41) is 15.9. The highest BCUT2D eigenvalue weighted by atomic mass is 16.5. The number of carboxylic acid groups (broad SMARTS) is 1. The zero-order chi connectivity index (χ0) is 23.4. The third-order valence-electron chi connectivity index (χ3n) is 5.19. The Morgan fingerprint density at radius 3 is 2.42 bits per heavy atom. The maximum atomic E-state index is 12.4. The first kappa shape index (κ1) is 22.1. The lowest BCUT2D eigenvalue weighted by Gasteiger charge is -2.21. The largest absolute Gasteiger partial charge is 0.478 e. The van der Waals surface area contributed by atoms with Crippen LogP contribution in [0.25, 0.3) is 10.8 Å². The van der Waals surface area contributed by atoms with E-state index in [-0.39, 0.29) is 6.61 Å². The number of carbonyl (C=O) groups excluding carboxylic acids is 1. The molecule has 0 aliphatic rings. The Morgan fingerprint density at radius 2 is 1.70 bits per heavy atom. The molecule has 33 heavy (non-hydrogen) atoms. The van der Waals surface area contributed by atoms with Crippen LogP contribution in [0.5, 0.6) is 5.75 Å². The van der Waals surface area contributed by atoms with E-state index in [1.807, 2.05) is 23.0 Å². The van der Waals surface area contributed by atoms with E-state index in [2.05, 4.69) is 35.4 Å². The van der Waals surface area contributed by atoms with Crippen molar-refractivity contribution in [2.45, 2.75) is 32.6 Å². The van der Waals surface area contributed by atoms with Crippen LogP contribution in [0.3, 0.4) is 0 Å². The number of aromatic nitrogens is 2. The Kier molecular flexibility index (Phi) is 6.13. The van der Waals surface area contributed by atoms with Crippen LogP contribution in [0, 0.1) is 0 Å². The molecule has 1 heterocycles. The number of carboxylic acids is 1. The normalized spacial score (nSPS) is 11.3. The molecule has 0 fully saturated rings. The van der Waals surface area contributed by atoms with Crippen LogP contribution < -0.4 is 4.74 Å². The second-order valence-corrected chi connectivity index (χ2v) is 8.25. The quantitative estimate of drug-likeness (QED) is 0.397. The van der Waals surface area contributed by atoms with E-state index in [9.17, 15) is 9.59 Å². The summed E-state index contributed by atoms with van der Waals surface area (Å²) in [6, 6.07) is 20.7. The van der Waals surface area contributed by atoms with Gasteiger partial charge in [-0.1, -0.05) is 36.4 Å². The third kappa shape index (κ3) is 5.38. The highest BCUT2D eigenvalue weighted by Crippen LogP contribution is 2.20. The minimum Gasteiger partial charge on any atom is -0.478 e. The fourth-order valence-corrected chi connectivity index (χ4v) is 3.32. The van der Waals surface area contributed by atoms with Crippen molar-refractivity contribution in [3.8, 4) is 5.75 Å². The molecule has 0 atom stereocenters. The average molecular weight is 444 g/mol. The molecular weight excluding hydrogens is 420 g/mol. The summed E-state index contributed by atoms with van der Waals surface area (Å²) in [7, 11) is 0. The van der Waals surface area contributed by atoms with Crippen molar-refractivity contribution >= 4 is 22.7 Å². The van der Waals surface area contributed by atoms with Gasteiger partial charge in [-0.2, -0.15) is 5.10 Å². The first-order chi connectivity index (χ1) is 15.8. The molecule has 1 N–H and O–H groups in total. The van der Waals surface area contributed by atoms with Gasteiger partial charge < -0.3 is 14.6 Å². The molecule has 1 aromatic heterocycles. The average Bonchev–Trinajstić information content (AvgIpc) is 3.25. The zero-order valence-corrected chi connectivity index (χ0v) is 18.4. The standard InChI is InChI=1S/C26H24N2O5/c1-26(2,25(30)31)33-23-11-9-21(10-12-23)24(29)32-17-19-14-27-28(16-19)15-18-7-8-20-5-3-4-6-22(20)13-18/h3-14,16H,15,17H2,1-2H3,(H,30,31). The molecule has 0 saturated heterocycles. The molecule has 3 aromatic carbocycles. The molecule has 0 amide bonds. The Hall–Kier alpha value is -4.13. The van der Waals surface area contributed by atoms with Crippen LogP contribution in [-0.2, 0) is 22.7 Å². The minimum absolute atomic E-state index is 0.0981. The molecule has 4 rings (SSSR count). The second-order valence-electron chi connectivity index (χ2n) is 8.25. The topological polar surface area (TPSA) is 90.7 Å². The van der Waals surface area contributed by atoms with Gasteiger partial charge >= 0.3 is 11.9 Å². The number of nitrogens with zero attached hydrogens (tertiary/aromatic N) is 2. The maximum Gasteiger partial charge on any atom is 0.347 e. The van der Waals surface area contributed by atoms with Gasteiger partial charge in [-0.3, -0.25) is 4.68 Å². The van der Waals surface area contributed by atoms with Crippen LogP contribution in [0.1, 0.15) is 35.3 Å². The lowest BCUT2D eigenvalue weighted by Crippen LogP contribution is -2.37. The number of hydrogen-bond acceptors (Lipinski definition) is 5. The summed E-state index contributed by atoms with van der Waals surface area (Å²) in [6.45, 7) is 3.63. The highest BCUT2D eigenvalue weighted by molar-refractivity contribution is 5.89. The molecule has 7 heteroatoms. The molecule has 0 bridgehead atoms. The van der Waals surface area contributed by atoms with Crippen molar-refractivity contribution in [2.75, 3.05) is 0 Å². The van der Waals surface area contributed by atoms with E-state index >= 15 is 0 Å². The number of hydrogen-bond donors (Lipinski definition) is 1. The summed E-state index contributed by atoms with van der Waals surface area (Å²) in [4.78, 5) is 23.5. The van der Waals surface area contributed by atoms with Crippen LogP contribution in [-0.4, -0.2) is 32.4 Å². The molecule has 7 nitrogen and oxygen atoms in total. The van der Waals surface area contributed by atoms with Crippen LogP contribution in [0.2, 0.25) is 0 Å². The lowest BCUT2D eigenvalue weighted by atomic mass is 10.1. The Bertz CT molecular complexity index is 1290. The van der Waals surface area contributed by atoms with Crippen LogP contribution in [0.4, 0.5) is 0 Å². The van der Waals surface area contributed by atoms with Crippen molar-refractivity contribution < 1.29 is 24.2 Å². The van der Waals surface area contributed by atoms with Gasteiger partial charge in [0, 0.05) is 11.8 Å². The number of fused-ring (bicyclic) bond motifs is 1. The first-order valence-corrected chi connectivity index (χ1v) is 10.5. The number of aliphatic carboxylic acids is 1. The number of benzene rings is 3. The van der Waals surface area contributed by atoms with Gasteiger partial charge in [0.15, 0.2) is 5.60 Å². The van der Waals surface area contributed by atoms with Crippen molar-refractivity contribution in [1.82, 2.24) is 9.78 Å². The molecule has 0 saturated carbocycles. The molecular formula is C26H24N2O5. The monoisotopic (exact) mass is 444 g/mol. The molecule has 0 radical (unpaired) electrons. The molecule has 0 aliphatic heterocycles. The van der Waals surface area contributed by atoms with E-state index in [1.165, 1.54) is 24.6 Å². The number of esters is 1. The smallest absolute Gasteiger partial charge is 0.347 e. The van der Waals surface area contributed by atoms with E-state index in [1.54, 1.807) is 30.5 Å². The molecule has 168 valence electrons. The summed E-state index contributed by atoms with van der Waals surface area (Å²) in [6.07, 6.45) is 3.53. The lowest BCUT2D eigenvalue weighted by molar-refractivity contribution is -0.152. The maximum absolute atomic E-state index is 12.4.